The second-order valence-electron chi connectivity index (χ2n) is 3.79. The van der Waals surface area contributed by atoms with Gasteiger partial charge in [0.05, 0.1) is 11.7 Å². The molecule has 1 aromatic carbocycles. The molecular formula is C10H12BN3O4. The van der Waals surface area contributed by atoms with Gasteiger partial charge in [0.1, 0.15) is 0 Å². The van der Waals surface area contributed by atoms with Gasteiger partial charge in [0.15, 0.2) is 0 Å². The molecule has 0 aliphatic heterocycles. The van der Waals surface area contributed by atoms with E-state index >= 15 is 0 Å². The lowest BCUT2D eigenvalue weighted by atomic mass is 9.78. The van der Waals surface area contributed by atoms with Crippen LogP contribution in [0.25, 0.3) is 10.4 Å². The van der Waals surface area contributed by atoms with E-state index < -0.39 is 13.1 Å². The van der Waals surface area contributed by atoms with Crippen molar-refractivity contribution in [1.82, 2.24) is 0 Å². The van der Waals surface area contributed by atoms with E-state index in [1.807, 2.05) is 0 Å². The van der Waals surface area contributed by atoms with Crippen LogP contribution in [0.1, 0.15) is 24.2 Å². The van der Waals surface area contributed by atoms with Crippen molar-refractivity contribution in [2.45, 2.75) is 20.0 Å². The van der Waals surface area contributed by atoms with Crippen molar-refractivity contribution in [3.63, 3.8) is 0 Å². The molecule has 0 aliphatic carbocycles. The molecular weight excluding hydrogens is 237 g/mol. The number of carbonyl (C=O) groups excluding carboxylic acids is 1. The minimum Gasteiger partial charge on any atom is -0.459 e. The molecule has 0 saturated carbocycles. The topological polar surface area (TPSA) is 116 Å². The average molecular weight is 249 g/mol. The Morgan fingerprint density at radius 3 is 2.67 bits per heavy atom. The van der Waals surface area contributed by atoms with Gasteiger partial charge < -0.3 is 14.8 Å². The van der Waals surface area contributed by atoms with Gasteiger partial charge >= 0.3 is 13.1 Å². The van der Waals surface area contributed by atoms with Crippen LogP contribution in [0.3, 0.4) is 0 Å². The third kappa shape index (κ3) is 3.49. The Labute approximate surface area is 104 Å². The van der Waals surface area contributed by atoms with Crippen molar-refractivity contribution in [2.75, 3.05) is 0 Å². The van der Waals surface area contributed by atoms with E-state index in [-0.39, 0.29) is 22.8 Å². The summed E-state index contributed by atoms with van der Waals surface area (Å²) in [5, 5.41) is 21.4. The summed E-state index contributed by atoms with van der Waals surface area (Å²) in [5.74, 6) is -0.571. The zero-order valence-corrected chi connectivity index (χ0v) is 9.94. The molecule has 1 rings (SSSR count). The number of azide groups is 1. The fourth-order valence-corrected chi connectivity index (χ4v) is 1.31. The van der Waals surface area contributed by atoms with Crippen molar-refractivity contribution < 1.29 is 19.6 Å². The van der Waals surface area contributed by atoms with Crippen molar-refractivity contribution in [2.24, 2.45) is 5.11 Å². The molecule has 7 nitrogen and oxygen atoms in total. The lowest BCUT2D eigenvalue weighted by Crippen LogP contribution is -2.30. The van der Waals surface area contributed by atoms with Gasteiger partial charge in [-0.1, -0.05) is 11.2 Å². The molecule has 0 bridgehead atoms. The number of hydrogen-bond donors (Lipinski definition) is 2. The van der Waals surface area contributed by atoms with Gasteiger partial charge in [-0.05, 0) is 37.0 Å². The van der Waals surface area contributed by atoms with Crippen molar-refractivity contribution in [3.05, 3.63) is 34.2 Å². The van der Waals surface area contributed by atoms with Gasteiger partial charge in [-0.3, -0.25) is 0 Å². The summed E-state index contributed by atoms with van der Waals surface area (Å²) in [6.45, 7) is 3.41. The quantitative estimate of drug-likeness (QED) is 0.271. The zero-order chi connectivity index (χ0) is 13.7. The average Bonchev–Trinajstić information content (AvgIpc) is 2.28. The first-order valence-corrected chi connectivity index (χ1v) is 5.22. The van der Waals surface area contributed by atoms with Crippen LogP contribution in [-0.2, 0) is 4.74 Å². The zero-order valence-electron chi connectivity index (χ0n) is 9.94. The molecule has 0 saturated heterocycles. The van der Waals surface area contributed by atoms with Crippen LogP contribution in [0.2, 0.25) is 0 Å². The first-order chi connectivity index (χ1) is 8.45. The maximum atomic E-state index is 11.6. The van der Waals surface area contributed by atoms with E-state index in [1.165, 1.54) is 18.2 Å². The molecule has 0 aliphatic rings. The molecule has 0 fully saturated rings. The summed E-state index contributed by atoms with van der Waals surface area (Å²) < 4.78 is 4.97. The normalized spacial score (nSPS) is 9.83. The molecule has 0 unspecified atom stereocenters. The highest BCUT2D eigenvalue weighted by atomic mass is 16.5. The molecule has 1 aromatic rings. The summed E-state index contributed by atoms with van der Waals surface area (Å²) in [7, 11) is -1.78. The Hall–Kier alpha value is -2.02. The number of ether oxygens (including phenoxy) is 1. The highest BCUT2D eigenvalue weighted by Gasteiger charge is 2.18. The van der Waals surface area contributed by atoms with E-state index in [4.69, 9.17) is 20.3 Å². The fraction of sp³-hybridized carbons (Fsp3) is 0.300. The predicted octanol–water partition coefficient (Wildman–Crippen LogP) is 0.873. The first-order valence-electron chi connectivity index (χ1n) is 5.22. The number of esters is 1. The Morgan fingerprint density at radius 1 is 1.50 bits per heavy atom. The van der Waals surface area contributed by atoms with Gasteiger partial charge in [0, 0.05) is 10.6 Å². The lowest BCUT2D eigenvalue weighted by molar-refractivity contribution is 0.0378. The van der Waals surface area contributed by atoms with Gasteiger partial charge in [-0.2, -0.15) is 0 Å². The predicted molar refractivity (Wildman–Crippen MR) is 65.6 cm³/mol. The van der Waals surface area contributed by atoms with Crippen LogP contribution in [0.5, 0.6) is 0 Å². The van der Waals surface area contributed by atoms with Crippen LogP contribution >= 0.6 is 0 Å². The summed E-state index contributed by atoms with van der Waals surface area (Å²) >= 11 is 0. The van der Waals surface area contributed by atoms with Crippen LogP contribution in [0, 0.1) is 0 Å². The van der Waals surface area contributed by atoms with Crippen LogP contribution < -0.4 is 5.46 Å². The minimum atomic E-state index is -1.78. The number of carbonyl (C=O) groups is 1. The Balaban J connectivity index is 3.14. The maximum Gasteiger partial charge on any atom is 0.488 e. The number of rotatable bonds is 4. The Morgan fingerprint density at radius 2 is 2.17 bits per heavy atom. The van der Waals surface area contributed by atoms with Crippen LogP contribution in [0.4, 0.5) is 5.69 Å². The highest BCUT2D eigenvalue weighted by molar-refractivity contribution is 6.60. The van der Waals surface area contributed by atoms with E-state index in [0.29, 0.717) is 0 Å². The van der Waals surface area contributed by atoms with E-state index in [2.05, 4.69) is 10.0 Å². The van der Waals surface area contributed by atoms with Crippen molar-refractivity contribution in [1.29, 1.82) is 0 Å². The second kappa shape index (κ2) is 6.06. The monoisotopic (exact) mass is 249 g/mol. The molecule has 0 aromatic heterocycles. The van der Waals surface area contributed by atoms with Crippen LogP contribution in [0.15, 0.2) is 23.3 Å². The first kappa shape index (κ1) is 14.0. The molecule has 0 spiro atoms. The number of hydrogen-bond acceptors (Lipinski definition) is 5. The third-order valence-electron chi connectivity index (χ3n) is 2.04. The minimum absolute atomic E-state index is 0.0221. The summed E-state index contributed by atoms with van der Waals surface area (Å²) in [4.78, 5) is 14.2. The molecule has 0 radical (unpaired) electrons. The Bertz CT molecular complexity index is 498. The molecule has 0 atom stereocenters. The molecule has 8 heteroatoms. The van der Waals surface area contributed by atoms with E-state index in [0.717, 1.165) is 0 Å². The van der Waals surface area contributed by atoms with E-state index in [9.17, 15) is 4.79 Å². The number of nitrogens with zero attached hydrogens (tertiary/aromatic N) is 3. The highest BCUT2D eigenvalue weighted by Crippen LogP contribution is 2.14. The number of benzene rings is 1. The fourth-order valence-electron chi connectivity index (χ4n) is 1.31. The van der Waals surface area contributed by atoms with E-state index in [1.54, 1.807) is 13.8 Å². The third-order valence-corrected chi connectivity index (χ3v) is 2.04. The second-order valence-corrected chi connectivity index (χ2v) is 3.79. The molecule has 94 valence electrons. The van der Waals surface area contributed by atoms with Gasteiger partial charge in [0.25, 0.3) is 0 Å². The Kier molecular flexibility index (Phi) is 4.73. The molecule has 18 heavy (non-hydrogen) atoms. The molecule has 0 amide bonds. The van der Waals surface area contributed by atoms with Gasteiger partial charge in [0.2, 0.25) is 0 Å². The smallest absolute Gasteiger partial charge is 0.459 e. The summed E-state index contributed by atoms with van der Waals surface area (Å²) in [6, 6.07) is 3.92. The molecule has 0 heterocycles. The standard InChI is InChI=1S/C10H12BN3O4/c1-6(2)18-10(15)7-3-4-8(11(16)17)9(5-7)13-14-12/h3-6,16-17H,1-2H3. The maximum absolute atomic E-state index is 11.6. The van der Waals surface area contributed by atoms with Crippen LogP contribution in [-0.4, -0.2) is 29.2 Å². The van der Waals surface area contributed by atoms with Gasteiger partial charge in [-0.15, -0.1) is 0 Å². The van der Waals surface area contributed by atoms with Gasteiger partial charge in [-0.25, -0.2) is 4.79 Å². The van der Waals surface area contributed by atoms with Crippen molar-refractivity contribution >= 4 is 24.2 Å². The summed E-state index contributed by atoms with van der Waals surface area (Å²) in [5.41, 5.74) is 8.56. The SMILES string of the molecule is CC(C)OC(=O)c1ccc(B(O)O)c(N=[N+]=[N-])c1. The largest absolute Gasteiger partial charge is 0.488 e. The lowest BCUT2D eigenvalue weighted by Gasteiger charge is -2.10. The summed E-state index contributed by atoms with van der Waals surface area (Å²) in [6.07, 6.45) is -0.275. The van der Waals surface area contributed by atoms with Crippen molar-refractivity contribution in [3.8, 4) is 0 Å². The molecule has 2 N–H and O–H groups in total.